The van der Waals surface area contributed by atoms with Gasteiger partial charge in [-0.05, 0) is 52.4 Å². The van der Waals surface area contributed by atoms with Crippen molar-refractivity contribution in [2.24, 2.45) is 0 Å². The molecule has 1 aromatic heterocycles. The number of hydrogen-bond acceptors (Lipinski definition) is 3. The van der Waals surface area contributed by atoms with Crippen LogP contribution in [0.5, 0.6) is 0 Å². The van der Waals surface area contributed by atoms with Crippen LogP contribution in [0.1, 0.15) is 54.5 Å². The largest absolute Gasteiger partial charge is 0.343 e. The van der Waals surface area contributed by atoms with Crippen molar-refractivity contribution in [2.75, 3.05) is 6.54 Å². The second-order valence-electron chi connectivity index (χ2n) is 10.4. The van der Waals surface area contributed by atoms with Crippen molar-refractivity contribution in [3.05, 3.63) is 113 Å². The van der Waals surface area contributed by atoms with Gasteiger partial charge >= 0.3 is 0 Å². The molecule has 5 rings (SSSR count). The van der Waals surface area contributed by atoms with Crippen molar-refractivity contribution in [2.45, 2.75) is 50.9 Å². The minimum absolute atomic E-state index is 0.0160. The summed E-state index contributed by atoms with van der Waals surface area (Å²) in [4.78, 5) is 32.5. The highest BCUT2D eigenvalue weighted by molar-refractivity contribution is 5.90. The second kappa shape index (κ2) is 11.3. The molecule has 0 spiro atoms. The number of fused-ring (bicyclic) bond motifs is 1. The molecule has 1 N–H and O–H groups in total. The summed E-state index contributed by atoms with van der Waals surface area (Å²) >= 11 is 0. The van der Waals surface area contributed by atoms with Gasteiger partial charge in [-0.1, -0.05) is 68.4 Å². The SMILES string of the molecule is CC(C)c1ccc(C(NC(=O)C2CC(F)CN2C(=O)Cc2ccc3ncccc3c2)c2ccccc2)cc1F. The average Bonchev–Trinajstić information content (AvgIpc) is 3.33. The van der Waals surface area contributed by atoms with Crippen molar-refractivity contribution in [3.8, 4) is 0 Å². The molecule has 7 heteroatoms. The number of nitrogens with one attached hydrogen (secondary N) is 1. The van der Waals surface area contributed by atoms with Gasteiger partial charge in [-0.2, -0.15) is 0 Å². The quantitative estimate of drug-likeness (QED) is 0.326. The summed E-state index contributed by atoms with van der Waals surface area (Å²) in [6, 6.07) is 21.9. The van der Waals surface area contributed by atoms with Crippen LogP contribution in [0.3, 0.4) is 0 Å². The van der Waals surface area contributed by atoms with E-state index in [1.54, 1.807) is 18.3 Å². The Balaban J connectivity index is 1.38. The molecule has 2 amide bonds. The number of likely N-dealkylation sites (tertiary alicyclic amines) is 1. The Morgan fingerprint density at radius 2 is 1.79 bits per heavy atom. The maximum absolute atomic E-state index is 14.9. The minimum atomic E-state index is -1.30. The van der Waals surface area contributed by atoms with E-state index in [-0.39, 0.29) is 37.0 Å². The lowest BCUT2D eigenvalue weighted by Gasteiger charge is -2.27. The molecule has 1 saturated heterocycles. The van der Waals surface area contributed by atoms with E-state index in [1.165, 1.54) is 11.0 Å². The number of hydrogen-bond donors (Lipinski definition) is 1. The lowest BCUT2D eigenvalue weighted by Crippen LogP contribution is -2.47. The third-order valence-corrected chi connectivity index (χ3v) is 7.30. The fourth-order valence-corrected chi connectivity index (χ4v) is 5.25. The molecule has 5 nitrogen and oxygen atoms in total. The Morgan fingerprint density at radius 1 is 1.00 bits per heavy atom. The van der Waals surface area contributed by atoms with Crippen molar-refractivity contribution in [1.29, 1.82) is 0 Å². The Labute approximate surface area is 226 Å². The van der Waals surface area contributed by atoms with Crippen LogP contribution >= 0.6 is 0 Å². The minimum Gasteiger partial charge on any atom is -0.343 e. The summed E-state index contributed by atoms with van der Waals surface area (Å²) < 4.78 is 29.5. The Hall–Kier alpha value is -4.13. The Kier molecular flexibility index (Phi) is 7.68. The zero-order chi connectivity index (χ0) is 27.5. The van der Waals surface area contributed by atoms with Crippen LogP contribution in [-0.2, 0) is 16.0 Å². The molecule has 200 valence electrons. The maximum atomic E-state index is 14.9. The van der Waals surface area contributed by atoms with Crippen LogP contribution in [0.25, 0.3) is 10.9 Å². The van der Waals surface area contributed by atoms with E-state index in [2.05, 4.69) is 10.3 Å². The third-order valence-electron chi connectivity index (χ3n) is 7.30. The van der Waals surface area contributed by atoms with E-state index < -0.39 is 24.2 Å². The average molecular weight is 528 g/mol. The maximum Gasteiger partial charge on any atom is 0.243 e. The molecular formula is C32H31F2N3O2. The second-order valence-corrected chi connectivity index (χ2v) is 10.4. The molecule has 1 fully saturated rings. The van der Waals surface area contributed by atoms with Gasteiger partial charge in [-0.15, -0.1) is 0 Å². The van der Waals surface area contributed by atoms with E-state index in [0.717, 1.165) is 22.0 Å². The molecule has 0 radical (unpaired) electrons. The molecule has 1 aliphatic heterocycles. The topological polar surface area (TPSA) is 62.3 Å². The molecule has 3 aromatic carbocycles. The number of carbonyl (C=O) groups excluding carboxylic acids is 2. The van der Waals surface area contributed by atoms with Crippen LogP contribution in [0.4, 0.5) is 8.78 Å². The van der Waals surface area contributed by atoms with E-state index in [0.29, 0.717) is 11.1 Å². The van der Waals surface area contributed by atoms with Gasteiger partial charge < -0.3 is 10.2 Å². The fraction of sp³-hybridized carbons (Fsp3) is 0.281. The molecule has 39 heavy (non-hydrogen) atoms. The number of pyridine rings is 1. The molecule has 1 aliphatic rings. The van der Waals surface area contributed by atoms with Crippen molar-refractivity contribution in [1.82, 2.24) is 15.2 Å². The zero-order valence-electron chi connectivity index (χ0n) is 22.0. The first-order valence-corrected chi connectivity index (χ1v) is 13.2. The first-order chi connectivity index (χ1) is 18.8. The summed E-state index contributed by atoms with van der Waals surface area (Å²) in [5.41, 5.74) is 3.52. The standard InChI is InChI=1S/C32H31F2N3O2/c1-20(2)26-12-11-24(17-27(26)34)31(22-7-4-3-5-8-22)36-32(39)29-18-25(33)19-37(29)30(38)16-21-10-13-28-23(15-21)9-6-14-35-28/h3-15,17,20,25,29,31H,16,18-19H2,1-2H3,(H,36,39). The number of amides is 2. The molecule has 3 unspecified atom stereocenters. The van der Waals surface area contributed by atoms with Gasteiger partial charge in [-0.3, -0.25) is 14.6 Å². The first-order valence-electron chi connectivity index (χ1n) is 13.2. The monoisotopic (exact) mass is 527 g/mol. The van der Waals surface area contributed by atoms with Gasteiger partial charge in [-0.25, -0.2) is 8.78 Å². The molecule has 3 atom stereocenters. The number of halogens is 2. The summed E-state index contributed by atoms with van der Waals surface area (Å²) in [7, 11) is 0. The Morgan fingerprint density at radius 3 is 2.54 bits per heavy atom. The van der Waals surface area contributed by atoms with Gasteiger partial charge in [0.1, 0.15) is 18.0 Å². The van der Waals surface area contributed by atoms with Crippen LogP contribution in [0, 0.1) is 5.82 Å². The molecular weight excluding hydrogens is 496 g/mol. The summed E-state index contributed by atoms with van der Waals surface area (Å²) in [6.45, 7) is 3.70. The molecule has 0 bridgehead atoms. The van der Waals surface area contributed by atoms with Crippen LogP contribution in [-0.4, -0.2) is 40.5 Å². The van der Waals surface area contributed by atoms with Gasteiger partial charge in [0.25, 0.3) is 0 Å². The van der Waals surface area contributed by atoms with E-state index in [1.807, 2.05) is 74.5 Å². The Bertz CT molecular complexity index is 1490. The molecule has 2 heterocycles. The van der Waals surface area contributed by atoms with E-state index in [9.17, 15) is 18.4 Å². The highest BCUT2D eigenvalue weighted by Gasteiger charge is 2.40. The fourth-order valence-electron chi connectivity index (χ4n) is 5.25. The van der Waals surface area contributed by atoms with Crippen LogP contribution in [0.15, 0.2) is 85.1 Å². The van der Waals surface area contributed by atoms with Crippen LogP contribution in [0.2, 0.25) is 0 Å². The van der Waals surface area contributed by atoms with Crippen molar-refractivity contribution < 1.29 is 18.4 Å². The van der Waals surface area contributed by atoms with Gasteiger partial charge in [0.2, 0.25) is 11.8 Å². The molecule has 4 aromatic rings. The van der Waals surface area contributed by atoms with Crippen LogP contribution < -0.4 is 5.32 Å². The summed E-state index contributed by atoms with van der Waals surface area (Å²) in [6.07, 6.45) is 0.369. The van der Waals surface area contributed by atoms with E-state index >= 15 is 0 Å². The highest BCUT2D eigenvalue weighted by Crippen LogP contribution is 2.29. The first kappa shape index (κ1) is 26.5. The summed E-state index contributed by atoms with van der Waals surface area (Å²) in [5, 5.41) is 3.89. The predicted molar refractivity (Wildman–Crippen MR) is 147 cm³/mol. The van der Waals surface area contributed by atoms with Gasteiger partial charge in [0.05, 0.1) is 24.5 Å². The van der Waals surface area contributed by atoms with Gasteiger partial charge in [0.15, 0.2) is 0 Å². The summed E-state index contributed by atoms with van der Waals surface area (Å²) in [5.74, 6) is -1.11. The van der Waals surface area contributed by atoms with Crippen molar-refractivity contribution in [3.63, 3.8) is 0 Å². The number of aromatic nitrogens is 1. The third kappa shape index (κ3) is 5.82. The normalized spacial score (nSPS) is 17.9. The smallest absolute Gasteiger partial charge is 0.243 e. The van der Waals surface area contributed by atoms with E-state index in [4.69, 9.17) is 0 Å². The molecule has 0 saturated carbocycles. The van der Waals surface area contributed by atoms with Gasteiger partial charge in [0, 0.05) is 18.0 Å². The number of rotatable bonds is 7. The lowest BCUT2D eigenvalue weighted by molar-refractivity contribution is -0.138. The zero-order valence-corrected chi connectivity index (χ0v) is 22.0. The number of benzene rings is 3. The number of nitrogens with zero attached hydrogens (tertiary/aromatic N) is 2. The van der Waals surface area contributed by atoms with Crippen molar-refractivity contribution >= 4 is 22.7 Å². The molecule has 0 aliphatic carbocycles. The highest BCUT2D eigenvalue weighted by atomic mass is 19.1. The predicted octanol–water partition coefficient (Wildman–Crippen LogP) is 5.88. The number of alkyl halides is 1. The lowest BCUT2D eigenvalue weighted by atomic mass is 9.94. The number of carbonyl (C=O) groups is 2.